The Kier molecular flexibility index (Phi) is 6.99. The van der Waals surface area contributed by atoms with Crippen LogP contribution in [0.2, 0.25) is 0 Å². The van der Waals surface area contributed by atoms with E-state index in [9.17, 15) is 17.2 Å². The van der Waals surface area contributed by atoms with Gasteiger partial charge in [-0.3, -0.25) is 4.90 Å². The van der Waals surface area contributed by atoms with Crippen molar-refractivity contribution in [1.29, 1.82) is 0 Å². The first kappa shape index (κ1) is 23.3. The van der Waals surface area contributed by atoms with Gasteiger partial charge < -0.3 is 5.32 Å². The maximum absolute atomic E-state index is 14.6. The van der Waals surface area contributed by atoms with E-state index in [1.54, 1.807) is 19.1 Å². The summed E-state index contributed by atoms with van der Waals surface area (Å²) in [6.45, 7) is 4.70. The lowest BCUT2D eigenvalue weighted by atomic mass is 10.1. The van der Waals surface area contributed by atoms with Crippen LogP contribution in [0.4, 0.5) is 14.5 Å². The average molecular weight is 473 g/mol. The van der Waals surface area contributed by atoms with Gasteiger partial charge in [0.2, 0.25) is 15.8 Å². The van der Waals surface area contributed by atoms with Gasteiger partial charge in [0.15, 0.2) is 5.03 Å². The Morgan fingerprint density at radius 1 is 1.00 bits per heavy atom. The fourth-order valence-electron chi connectivity index (χ4n) is 4.01. The Bertz CT molecular complexity index is 1240. The van der Waals surface area contributed by atoms with Gasteiger partial charge in [-0.25, -0.2) is 22.8 Å². The molecule has 1 saturated heterocycles. The molecule has 3 heterocycles. The molecule has 9 heteroatoms. The van der Waals surface area contributed by atoms with Gasteiger partial charge in [0.05, 0.1) is 22.8 Å². The van der Waals surface area contributed by atoms with Crippen molar-refractivity contribution in [1.82, 2.24) is 14.9 Å². The number of halogens is 2. The number of pyridine rings is 2. The summed E-state index contributed by atoms with van der Waals surface area (Å²) >= 11 is 0. The maximum Gasteiger partial charge on any atom is 0.213 e. The van der Waals surface area contributed by atoms with Crippen LogP contribution in [-0.4, -0.2) is 36.4 Å². The van der Waals surface area contributed by atoms with E-state index in [4.69, 9.17) is 0 Å². The fourth-order valence-corrected chi connectivity index (χ4v) is 5.26. The first-order valence-electron chi connectivity index (χ1n) is 10.9. The molecule has 0 amide bonds. The molecule has 1 aliphatic rings. The zero-order chi connectivity index (χ0) is 23.4. The van der Waals surface area contributed by atoms with Crippen LogP contribution in [0.25, 0.3) is 0 Å². The number of anilines is 1. The number of rotatable bonds is 8. The van der Waals surface area contributed by atoms with E-state index in [1.807, 2.05) is 6.07 Å². The lowest BCUT2D eigenvalue weighted by Crippen LogP contribution is -2.20. The first-order chi connectivity index (χ1) is 15.8. The Morgan fingerprint density at radius 3 is 2.48 bits per heavy atom. The highest BCUT2D eigenvalue weighted by Gasteiger charge is 2.20. The first-order valence-corrected chi connectivity index (χ1v) is 12.5. The van der Waals surface area contributed by atoms with Crippen molar-refractivity contribution in [2.24, 2.45) is 0 Å². The zero-order valence-electron chi connectivity index (χ0n) is 18.4. The highest BCUT2D eigenvalue weighted by Crippen LogP contribution is 2.23. The molecule has 0 bridgehead atoms. The fraction of sp³-hybridized carbons (Fsp3) is 0.333. The maximum atomic E-state index is 14.6. The monoisotopic (exact) mass is 472 g/mol. The van der Waals surface area contributed by atoms with E-state index in [1.165, 1.54) is 24.3 Å². The quantitative estimate of drug-likeness (QED) is 0.494. The summed E-state index contributed by atoms with van der Waals surface area (Å²) in [6, 6.07) is 12.2. The molecule has 3 aromatic rings. The molecular formula is C24H26F2N4O2S. The lowest BCUT2D eigenvalue weighted by molar-refractivity contribution is 0.329. The molecule has 0 aliphatic carbocycles. The Labute approximate surface area is 192 Å². The Hall–Kier alpha value is -2.91. The number of benzene rings is 1. The lowest BCUT2D eigenvalue weighted by Gasteiger charge is -2.19. The predicted molar refractivity (Wildman–Crippen MR) is 122 cm³/mol. The van der Waals surface area contributed by atoms with Crippen molar-refractivity contribution in [3.63, 3.8) is 0 Å². The molecule has 0 unspecified atom stereocenters. The van der Waals surface area contributed by atoms with E-state index in [0.717, 1.165) is 37.6 Å². The van der Waals surface area contributed by atoms with Crippen molar-refractivity contribution in [3.05, 3.63) is 82.8 Å². The number of hydrogen-bond acceptors (Lipinski definition) is 6. The molecule has 1 N–H and O–H groups in total. The van der Waals surface area contributed by atoms with Crippen LogP contribution in [0.5, 0.6) is 0 Å². The van der Waals surface area contributed by atoms with Crippen molar-refractivity contribution in [3.8, 4) is 0 Å². The summed E-state index contributed by atoms with van der Waals surface area (Å²) in [5.41, 5.74) is 2.74. The summed E-state index contributed by atoms with van der Waals surface area (Å²) in [7, 11) is -3.80. The molecule has 4 rings (SSSR count). The van der Waals surface area contributed by atoms with E-state index < -0.39 is 21.5 Å². The minimum Gasteiger partial charge on any atom is -0.379 e. The largest absolute Gasteiger partial charge is 0.379 e. The summed E-state index contributed by atoms with van der Waals surface area (Å²) in [5.74, 6) is -1.45. The second-order valence-electron chi connectivity index (χ2n) is 8.21. The van der Waals surface area contributed by atoms with Crippen LogP contribution >= 0.6 is 0 Å². The summed E-state index contributed by atoms with van der Waals surface area (Å²) < 4.78 is 53.3. The molecule has 0 atom stereocenters. The van der Waals surface area contributed by atoms with E-state index in [2.05, 4.69) is 20.2 Å². The second-order valence-corrected chi connectivity index (χ2v) is 10.1. The van der Waals surface area contributed by atoms with E-state index >= 15 is 0 Å². The minimum absolute atomic E-state index is 0.113. The third kappa shape index (κ3) is 5.72. The number of sulfone groups is 1. The number of aromatic nitrogens is 2. The standard InChI is InChI=1S/C24H26F2N4O2S/c1-17-22(10-11-24(28-17)33(31,32)16-19-7-5-9-23(26)29-19)27-14-20-18(6-4-8-21(20)25)15-30-12-2-3-13-30/h4-11,27H,2-3,12-16H2,1H3. The number of nitrogens with zero attached hydrogens (tertiary/aromatic N) is 3. The van der Waals surface area contributed by atoms with Crippen LogP contribution in [0, 0.1) is 18.7 Å². The van der Waals surface area contributed by atoms with Crippen LogP contribution < -0.4 is 5.32 Å². The van der Waals surface area contributed by atoms with Crippen LogP contribution in [0.3, 0.4) is 0 Å². The zero-order valence-corrected chi connectivity index (χ0v) is 19.2. The third-order valence-corrected chi connectivity index (χ3v) is 7.29. The molecule has 1 aromatic carbocycles. The topological polar surface area (TPSA) is 75.2 Å². The van der Waals surface area contributed by atoms with Crippen molar-refractivity contribution < 1.29 is 17.2 Å². The van der Waals surface area contributed by atoms with E-state index in [-0.39, 0.29) is 23.1 Å². The van der Waals surface area contributed by atoms with Gasteiger partial charge in [-0.1, -0.05) is 18.2 Å². The molecule has 2 aromatic heterocycles. The second kappa shape index (κ2) is 9.93. The molecule has 33 heavy (non-hydrogen) atoms. The van der Waals surface area contributed by atoms with Crippen LogP contribution in [-0.2, 0) is 28.7 Å². The Morgan fingerprint density at radius 2 is 1.76 bits per heavy atom. The van der Waals surface area contributed by atoms with Gasteiger partial charge >= 0.3 is 0 Å². The van der Waals surface area contributed by atoms with Gasteiger partial charge in [0, 0.05) is 18.7 Å². The Balaban J connectivity index is 1.48. The highest BCUT2D eigenvalue weighted by atomic mass is 32.2. The third-order valence-electron chi connectivity index (χ3n) is 5.75. The molecule has 1 fully saturated rings. The molecular weight excluding hydrogens is 446 g/mol. The summed E-state index contributed by atoms with van der Waals surface area (Å²) in [4.78, 5) is 10.2. The number of likely N-dealkylation sites (tertiary alicyclic amines) is 1. The van der Waals surface area contributed by atoms with E-state index in [0.29, 0.717) is 23.5 Å². The highest BCUT2D eigenvalue weighted by molar-refractivity contribution is 7.90. The van der Waals surface area contributed by atoms with Gasteiger partial charge in [0.25, 0.3) is 0 Å². The average Bonchev–Trinajstić information content (AvgIpc) is 3.27. The van der Waals surface area contributed by atoms with Crippen molar-refractivity contribution in [2.45, 2.75) is 43.6 Å². The molecule has 0 saturated carbocycles. The normalized spacial score (nSPS) is 14.5. The number of aryl methyl sites for hydroxylation is 1. The minimum atomic E-state index is -3.80. The number of hydrogen-bond donors (Lipinski definition) is 1. The SMILES string of the molecule is Cc1nc(S(=O)(=O)Cc2cccc(F)n2)ccc1NCc1c(F)cccc1CN1CCCC1. The molecule has 1 aliphatic heterocycles. The summed E-state index contributed by atoms with van der Waals surface area (Å²) in [5, 5.41) is 3.08. The van der Waals surface area contributed by atoms with Gasteiger partial charge in [-0.15, -0.1) is 0 Å². The van der Waals surface area contributed by atoms with Crippen LogP contribution in [0.15, 0.2) is 53.6 Å². The van der Waals surface area contributed by atoms with Gasteiger partial charge in [0.1, 0.15) is 5.82 Å². The summed E-state index contributed by atoms with van der Waals surface area (Å²) in [6.07, 6.45) is 2.33. The number of nitrogens with one attached hydrogen (secondary N) is 1. The van der Waals surface area contributed by atoms with Crippen molar-refractivity contribution >= 4 is 15.5 Å². The van der Waals surface area contributed by atoms with Crippen molar-refractivity contribution in [2.75, 3.05) is 18.4 Å². The smallest absolute Gasteiger partial charge is 0.213 e. The van der Waals surface area contributed by atoms with Gasteiger partial charge in [-0.2, -0.15) is 4.39 Å². The van der Waals surface area contributed by atoms with Gasteiger partial charge in [-0.05, 0) is 68.8 Å². The molecule has 6 nitrogen and oxygen atoms in total. The molecule has 0 radical (unpaired) electrons. The predicted octanol–water partition coefficient (Wildman–Crippen LogP) is 4.25. The molecule has 174 valence electrons. The van der Waals surface area contributed by atoms with Crippen LogP contribution in [0.1, 0.15) is 35.4 Å². The molecule has 0 spiro atoms.